The molecule has 0 saturated heterocycles. The SMILES string of the molecule is COc1ccc(Cl)cc1CNCc1cnn(C)c1C. The van der Waals surface area contributed by atoms with Crippen molar-refractivity contribution in [3.63, 3.8) is 0 Å². The van der Waals surface area contributed by atoms with Crippen LogP contribution in [-0.4, -0.2) is 16.9 Å². The standard InChI is InChI=1S/C14H18ClN3O/c1-10-12(9-17-18(10)2)8-16-7-11-6-13(15)4-5-14(11)19-3/h4-6,9,16H,7-8H2,1-3H3. The van der Waals surface area contributed by atoms with Crippen molar-refractivity contribution in [1.82, 2.24) is 15.1 Å². The molecule has 0 atom stereocenters. The number of aromatic nitrogens is 2. The first kappa shape index (κ1) is 13.9. The van der Waals surface area contributed by atoms with E-state index < -0.39 is 0 Å². The Hall–Kier alpha value is -1.52. The van der Waals surface area contributed by atoms with Crippen LogP contribution < -0.4 is 10.1 Å². The summed E-state index contributed by atoms with van der Waals surface area (Å²) in [5.41, 5.74) is 3.42. The van der Waals surface area contributed by atoms with Crippen molar-refractivity contribution < 1.29 is 4.74 Å². The third-order valence-electron chi connectivity index (χ3n) is 3.21. The van der Waals surface area contributed by atoms with Gasteiger partial charge in [-0.05, 0) is 25.1 Å². The topological polar surface area (TPSA) is 39.1 Å². The number of benzene rings is 1. The van der Waals surface area contributed by atoms with Gasteiger partial charge in [0.25, 0.3) is 0 Å². The predicted molar refractivity (Wildman–Crippen MR) is 76.5 cm³/mol. The summed E-state index contributed by atoms with van der Waals surface area (Å²) in [5, 5.41) is 8.32. The quantitative estimate of drug-likeness (QED) is 0.915. The molecule has 0 saturated carbocycles. The largest absolute Gasteiger partial charge is 0.496 e. The van der Waals surface area contributed by atoms with E-state index in [1.54, 1.807) is 7.11 Å². The van der Waals surface area contributed by atoms with Crippen molar-refractivity contribution in [3.8, 4) is 5.75 Å². The molecule has 102 valence electrons. The van der Waals surface area contributed by atoms with Crippen LogP contribution >= 0.6 is 11.6 Å². The van der Waals surface area contributed by atoms with Crippen LogP contribution in [-0.2, 0) is 20.1 Å². The maximum Gasteiger partial charge on any atom is 0.123 e. The molecule has 4 nitrogen and oxygen atoms in total. The highest BCUT2D eigenvalue weighted by Gasteiger charge is 2.06. The molecule has 1 N–H and O–H groups in total. The summed E-state index contributed by atoms with van der Waals surface area (Å²) in [7, 11) is 3.61. The van der Waals surface area contributed by atoms with Gasteiger partial charge in [0.05, 0.1) is 13.3 Å². The second-order valence-corrected chi connectivity index (χ2v) is 4.87. The zero-order valence-electron chi connectivity index (χ0n) is 11.4. The monoisotopic (exact) mass is 279 g/mol. The molecule has 1 aromatic heterocycles. The molecule has 0 spiro atoms. The summed E-state index contributed by atoms with van der Waals surface area (Å²) >= 11 is 6.00. The Morgan fingerprint density at radius 3 is 2.68 bits per heavy atom. The number of hydrogen-bond acceptors (Lipinski definition) is 3. The smallest absolute Gasteiger partial charge is 0.123 e. The molecule has 19 heavy (non-hydrogen) atoms. The van der Waals surface area contributed by atoms with Gasteiger partial charge in [-0.15, -0.1) is 0 Å². The van der Waals surface area contributed by atoms with Crippen LogP contribution in [0.25, 0.3) is 0 Å². The summed E-state index contributed by atoms with van der Waals surface area (Å²) in [4.78, 5) is 0. The van der Waals surface area contributed by atoms with Gasteiger partial charge in [-0.2, -0.15) is 5.10 Å². The normalized spacial score (nSPS) is 10.7. The minimum absolute atomic E-state index is 0.706. The van der Waals surface area contributed by atoms with Crippen LogP contribution in [0.2, 0.25) is 5.02 Å². The second-order valence-electron chi connectivity index (χ2n) is 4.44. The minimum atomic E-state index is 0.706. The molecule has 2 aromatic rings. The number of halogens is 1. The van der Waals surface area contributed by atoms with Gasteiger partial charge < -0.3 is 10.1 Å². The van der Waals surface area contributed by atoms with E-state index in [0.717, 1.165) is 22.9 Å². The van der Waals surface area contributed by atoms with Gasteiger partial charge in [-0.3, -0.25) is 4.68 Å². The first-order chi connectivity index (χ1) is 9.11. The highest BCUT2D eigenvalue weighted by atomic mass is 35.5. The van der Waals surface area contributed by atoms with Crippen molar-refractivity contribution in [1.29, 1.82) is 0 Å². The van der Waals surface area contributed by atoms with Crippen LogP contribution in [0.4, 0.5) is 0 Å². The molecule has 0 radical (unpaired) electrons. The summed E-state index contributed by atoms with van der Waals surface area (Å²) in [6.07, 6.45) is 1.89. The summed E-state index contributed by atoms with van der Waals surface area (Å²) in [6, 6.07) is 5.63. The average Bonchev–Trinajstić information content (AvgIpc) is 2.71. The predicted octanol–water partition coefficient (Wildman–Crippen LogP) is 2.68. The van der Waals surface area contributed by atoms with Crippen molar-refractivity contribution in [2.24, 2.45) is 7.05 Å². The Kier molecular flexibility index (Phi) is 4.45. The molecule has 0 aliphatic heterocycles. The second kappa shape index (κ2) is 6.08. The highest BCUT2D eigenvalue weighted by Crippen LogP contribution is 2.22. The van der Waals surface area contributed by atoms with Crippen molar-refractivity contribution in [3.05, 3.63) is 46.2 Å². The molecule has 0 amide bonds. The summed E-state index contributed by atoms with van der Waals surface area (Å²) in [5.74, 6) is 0.847. The molecule has 0 unspecified atom stereocenters. The number of methoxy groups -OCH3 is 1. The first-order valence-corrected chi connectivity index (χ1v) is 6.50. The lowest BCUT2D eigenvalue weighted by Gasteiger charge is -2.10. The molecule has 2 rings (SSSR count). The highest BCUT2D eigenvalue weighted by molar-refractivity contribution is 6.30. The molecule has 1 heterocycles. The van der Waals surface area contributed by atoms with Crippen LogP contribution in [0.3, 0.4) is 0 Å². The fourth-order valence-electron chi connectivity index (χ4n) is 1.93. The number of aryl methyl sites for hydroxylation is 1. The van der Waals surface area contributed by atoms with Crippen molar-refractivity contribution in [2.75, 3.05) is 7.11 Å². The van der Waals surface area contributed by atoms with E-state index in [4.69, 9.17) is 16.3 Å². The van der Waals surface area contributed by atoms with Crippen LogP contribution in [0.1, 0.15) is 16.8 Å². The summed E-state index contributed by atoms with van der Waals surface area (Å²) < 4.78 is 7.19. The van der Waals surface area contributed by atoms with Gasteiger partial charge in [0.15, 0.2) is 0 Å². The Morgan fingerprint density at radius 2 is 2.05 bits per heavy atom. The van der Waals surface area contributed by atoms with Gasteiger partial charge in [0.2, 0.25) is 0 Å². The molecule has 0 aliphatic rings. The lowest BCUT2D eigenvalue weighted by atomic mass is 10.2. The van der Waals surface area contributed by atoms with Gasteiger partial charge >= 0.3 is 0 Å². The summed E-state index contributed by atoms with van der Waals surface area (Å²) in [6.45, 7) is 3.54. The number of nitrogens with zero attached hydrogens (tertiary/aromatic N) is 2. The lowest BCUT2D eigenvalue weighted by Crippen LogP contribution is -2.14. The van der Waals surface area contributed by atoms with Crippen molar-refractivity contribution in [2.45, 2.75) is 20.0 Å². The molecule has 1 aromatic carbocycles. The van der Waals surface area contributed by atoms with E-state index in [1.165, 1.54) is 11.3 Å². The molecule has 0 bridgehead atoms. The number of ether oxygens (including phenoxy) is 1. The lowest BCUT2D eigenvalue weighted by molar-refractivity contribution is 0.407. The fraction of sp³-hybridized carbons (Fsp3) is 0.357. The van der Waals surface area contributed by atoms with E-state index in [1.807, 2.05) is 36.1 Å². The number of nitrogens with one attached hydrogen (secondary N) is 1. The first-order valence-electron chi connectivity index (χ1n) is 6.12. The Labute approximate surface area is 118 Å². The van der Waals surface area contributed by atoms with Crippen molar-refractivity contribution >= 4 is 11.6 Å². The zero-order chi connectivity index (χ0) is 13.8. The average molecular weight is 280 g/mol. The zero-order valence-corrected chi connectivity index (χ0v) is 12.2. The van der Waals surface area contributed by atoms with Crippen LogP contribution in [0.5, 0.6) is 5.75 Å². The minimum Gasteiger partial charge on any atom is -0.496 e. The molecule has 5 heteroatoms. The Morgan fingerprint density at radius 1 is 1.32 bits per heavy atom. The van der Waals surface area contributed by atoms with Crippen LogP contribution in [0, 0.1) is 6.92 Å². The molecular formula is C14H18ClN3O. The number of hydrogen-bond donors (Lipinski definition) is 1. The van der Waals surface area contributed by atoms with E-state index in [9.17, 15) is 0 Å². The third kappa shape index (κ3) is 3.28. The molecular weight excluding hydrogens is 262 g/mol. The fourth-order valence-corrected chi connectivity index (χ4v) is 2.13. The van der Waals surface area contributed by atoms with Gasteiger partial charge in [-0.25, -0.2) is 0 Å². The number of rotatable bonds is 5. The van der Waals surface area contributed by atoms with Gasteiger partial charge in [0.1, 0.15) is 5.75 Å². The van der Waals surface area contributed by atoms with E-state index >= 15 is 0 Å². The van der Waals surface area contributed by atoms with E-state index in [-0.39, 0.29) is 0 Å². The Bertz CT molecular complexity index is 566. The third-order valence-corrected chi connectivity index (χ3v) is 3.45. The van der Waals surface area contributed by atoms with Crippen LogP contribution in [0.15, 0.2) is 24.4 Å². The molecule has 0 aliphatic carbocycles. The van der Waals surface area contributed by atoms with Gasteiger partial charge in [0, 0.05) is 42.0 Å². The van der Waals surface area contributed by atoms with E-state index in [2.05, 4.69) is 17.3 Å². The molecule has 0 fully saturated rings. The maximum absolute atomic E-state index is 6.00. The maximum atomic E-state index is 6.00. The van der Waals surface area contributed by atoms with Gasteiger partial charge in [-0.1, -0.05) is 11.6 Å². The Balaban J connectivity index is 1.99. The van der Waals surface area contributed by atoms with E-state index in [0.29, 0.717) is 6.54 Å².